The van der Waals surface area contributed by atoms with Crippen molar-refractivity contribution in [3.63, 3.8) is 0 Å². The van der Waals surface area contributed by atoms with Crippen LogP contribution in [-0.2, 0) is 16.6 Å². The van der Waals surface area contributed by atoms with Crippen molar-refractivity contribution in [1.29, 1.82) is 0 Å². The zero-order chi connectivity index (χ0) is 14.5. The molecule has 106 valence electrons. The van der Waals surface area contributed by atoms with Crippen LogP contribution in [0.3, 0.4) is 0 Å². The quantitative estimate of drug-likeness (QED) is 0.794. The number of hydrogen-bond acceptors (Lipinski definition) is 2. The van der Waals surface area contributed by atoms with Gasteiger partial charge in [-0.1, -0.05) is 51.5 Å². The molecule has 0 aliphatic rings. The molecule has 3 N–H and O–H groups in total. The summed E-state index contributed by atoms with van der Waals surface area (Å²) in [6, 6.07) is 8.08. The topological polar surface area (TPSA) is 63.3 Å². The molecule has 2 atom stereocenters. The van der Waals surface area contributed by atoms with E-state index >= 15 is 0 Å². The molecule has 3 heteroatoms. The van der Waals surface area contributed by atoms with Gasteiger partial charge in [0.1, 0.15) is 0 Å². The van der Waals surface area contributed by atoms with Gasteiger partial charge in [0.15, 0.2) is 0 Å². The normalized spacial score (nSPS) is 15.8. The molecule has 3 nitrogen and oxygen atoms in total. The molecule has 0 aromatic heterocycles. The molecule has 0 fully saturated rings. The zero-order valence-electron chi connectivity index (χ0n) is 12.1. The molecule has 0 saturated carbocycles. The third-order valence-electron chi connectivity index (χ3n) is 3.93. The first-order valence-corrected chi connectivity index (χ1v) is 7.00. The second kappa shape index (κ2) is 6.71. The summed E-state index contributed by atoms with van der Waals surface area (Å²) < 4.78 is 0. The highest BCUT2D eigenvalue weighted by Crippen LogP contribution is 2.32. The van der Waals surface area contributed by atoms with Gasteiger partial charge in [-0.05, 0) is 24.0 Å². The number of benzene rings is 1. The lowest BCUT2D eigenvalue weighted by Crippen LogP contribution is -2.44. The Morgan fingerprint density at radius 1 is 1.32 bits per heavy atom. The van der Waals surface area contributed by atoms with Gasteiger partial charge in [0.25, 0.3) is 0 Å². The summed E-state index contributed by atoms with van der Waals surface area (Å²) in [5.41, 5.74) is 7.96. The lowest BCUT2D eigenvalue weighted by Gasteiger charge is -2.34. The van der Waals surface area contributed by atoms with Crippen LogP contribution in [-0.4, -0.2) is 17.1 Å². The van der Waals surface area contributed by atoms with Gasteiger partial charge in [-0.2, -0.15) is 0 Å². The molecule has 0 bridgehead atoms. The van der Waals surface area contributed by atoms with E-state index in [2.05, 4.69) is 19.1 Å². The summed E-state index contributed by atoms with van der Waals surface area (Å²) >= 11 is 0. The average Bonchev–Trinajstić information content (AvgIpc) is 2.38. The molecule has 1 rings (SSSR count). The molecule has 0 amide bonds. The number of hydrogen-bond donors (Lipinski definition) is 2. The Morgan fingerprint density at radius 2 is 1.89 bits per heavy atom. The first-order valence-electron chi connectivity index (χ1n) is 7.00. The minimum atomic E-state index is -0.802. The monoisotopic (exact) mass is 263 g/mol. The number of rotatable bonds is 7. The van der Waals surface area contributed by atoms with Gasteiger partial charge in [0.05, 0.1) is 6.42 Å². The van der Waals surface area contributed by atoms with Crippen molar-refractivity contribution in [2.24, 2.45) is 5.73 Å². The summed E-state index contributed by atoms with van der Waals surface area (Å²) in [5.74, 6) is -0.802. The fourth-order valence-corrected chi connectivity index (χ4v) is 2.55. The van der Waals surface area contributed by atoms with Crippen LogP contribution in [0.2, 0.25) is 0 Å². The van der Waals surface area contributed by atoms with E-state index in [1.54, 1.807) is 0 Å². The Hall–Kier alpha value is -1.35. The average molecular weight is 263 g/mol. The predicted octanol–water partition coefficient (Wildman–Crippen LogP) is 3.11. The van der Waals surface area contributed by atoms with Crippen LogP contribution in [0.5, 0.6) is 0 Å². The maximum atomic E-state index is 11.1. The summed E-state index contributed by atoms with van der Waals surface area (Å²) in [6.07, 6.45) is 2.99. The highest BCUT2D eigenvalue weighted by molar-refractivity contribution is 5.69. The van der Waals surface area contributed by atoms with Gasteiger partial charge in [-0.3, -0.25) is 4.79 Å². The van der Waals surface area contributed by atoms with E-state index < -0.39 is 11.4 Å². The van der Waals surface area contributed by atoms with Crippen LogP contribution >= 0.6 is 0 Å². The van der Waals surface area contributed by atoms with Gasteiger partial charge in [-0.15, -0.1) is 0 Å². The first kappa shape index (κ1) is 15.7. The van der Waals surface area contributed by atoms with Gasteiger partial charge in [0.2, 0.25) is 0 Å². The molecule has 0 aliphatic carbocycles. The van der Waals surface area contributed by atoms with Crippen LogP contribution in [0.25, 0.3) is 0 Å². The number of carbonyl (C=O) groups is 1. The Kier molecular flexibility index (Phi) is 5.55. The molecule has 1 aromatic carbocycles. The summed E-state index contributed by atoms with van der Waals surface area (Å²) in [5, 5.41) is 9.14. The van der Waals surface area contributed by atoms with Crippen molar-refractivity contribution < 1.29 is 9.90 Å². The zero-order valence-corrected chi connectivity index (χ0v) is 12.1. The highest BCUT2D eigenvalue weighted by Gasteiger charge is 2.35. The number of nitrogens with two attached hydrogens (primary N) is 1. The molecule has 0 spiro atoms. The Bertz CT molecular complexity index is 413. The minimum Gasteiger partial charge on any atom is -0.481 e. The standard InChI is InChI=1S/C16H25NO2/c1-4-6-12-7-9-13(10-8-12)16(3,11-15(18)19)14(17)5-2/h7-10,14H,4-6,11,17H2,1-3H3,(H,18,19). The number of carboxylic acid groups (broad SMARTS) is 1. The van der Waals surface area contributed by atoms with Crippen molar-refractivity contribution >= 4 is 5.97 Å². The van der Waals surface area contributed by atoms with E-state index in [0.717, 1.165) is 24.8 Å². The third kappa shape index (κ3) is 3.80. The molecular formula is C16H25NO2. The van der Waals surface area contributed by atoms with Gasteiger partial charge in [-0.25, -0.2) is 0 Å². The molecule has 19 heavy (non-hydrogen) atoms. The second-order valence-corrected chi connectivity index (χ2v) is 5.45. The molecule has 1 aromatic rings. The van der Waals surface area contributed by atoms with Gasteiger partial charge >= 0.3 is 5.97 Å². The van der Waals surface area contributed by atoms with Crippen molar-refractivity contribution in [2.45, 2.75) is 57.9 Å². The maximum Gasteiger partial charge on any atom is 0.304 e. The molecule has 0 radical (unpaired) electrons. The van der Waals surface area contributed by atoms with E-state index in [9.17, 15) is 4.79 Å². The van der Waals surface area contributed by atoms with Crippen molar-refractivity contribution in [3.05, 3.63) is 35.4 Å². The predicted molar refractivity (Wildman–Crippen MR) is 78.3 cm³/mol. The minimum absolute atomic E-state index is 0.0646. The van der Waals surface area contributed by atoms with E-state index in [4.69, 9.17) is 10.8 Å². The van der Waals surface area contributed by atoms with Crippen LogP contribution in [0, 0.1) is 0 Å². The van der Waals surface area contributed by atoms with E-state index in [1.807, 2.05) is 26.0 Å². The van der Waals surface area contributed by atoms with Crippen LogP contribution < -0.4 is 5.73 Å². The lowest BCUT2D eigenvalue weighted by molar-refractivity contribution is -0.138. The van der Waals surface area contributed by atoms with Crippen LogP contribution in [0.15, 0.2) is 24.3 Å². The van der Waals surface area contributed by atoms with Crippen molar-refractivity contribution in [3.8, 4) is 0 Å². The molecule has 0 heterocycles. The Balaban J connectivity index is 3.06. The van der Waals surface area contributed by atoms with Crippen LogP contribution in [0.4, 0.5) is 0 Å². The Labute approximate surface area is 115 Å². The maximum absolute atomic E-state index is 11.1. The Morgan fingerprint density at radius 3 is 2.32 bits per heavy atom. The van der Waals surface area contributed by atoms with E-state index in [0.29, 0.717) is 0 Å². The van der Waals surface area contributed by atoms with E-state index in [1.165, 1.54) is 5.56 Å². The molecule has 2 unspecified atom stereocenters. The fraction of sp³-hybridized carbons (Fsp3) is 0.562. The van der Waals surface area contributed by atoms with Crippen molar-refractivity contribution in [1.82, 2.24) is 0 Å². The largest absolute Gasteiger partial charge is 0.481 e. The van der Waals surface area contributed by atoms with Crippen molar-refractivity contribution in [2.75, 3.05) is 0 Å². The molecule has 0 aliphatic heterocycles. The summed E-state index contributed by atoms with van der Waals surface area (Å²) in [7, 11) is 0. The van der Waals surface area contributed by atoms with E-state index in [-0.39, 0.29) is 12.5 Å². The van der Waals surface area contributed by atoms with Crippen LogP contribution in [0.1, 0.15) is 51.2 Å². The number of carboxylic acids is 1. The molecular weight excluding hydrogens is 238 g/mol. The molecule has 0 saturated heterocycles. The SMILES string of the molecule is CCCc1ccc(C(C)(CC(=O)O)C(N)CC)cc1. The van der Waals surface area contributed by atoms with Gasteiger partial charge in [0, 0.05) is 11.5 Å². The highest BCUT2D eigenvalue weighted by atomic mass is 16.4. The number of aliphatic carboxylic acids is 1. The summed E-state index contributed by atoms with van der Waals surface area (Å²) in [6.45, 7) is 6.09. The lowest BCUT2D eigenvalue weighted by atomic mass is 9.72. The first-order chi connectivity index (χ1) is 8.93. The smallest absolute Gasteiger partial charge is 0.304 e. The second-order valence-electron chi connectivity index (χ2n) is 5.45. The number of aryl methyl sites for hydroxylation is 1. The van der Waals surface area contributed by atoms with Gasteiger partial charge < -0.3 is 10.8 Å². The summed E-state index contributed by atoms with van der Waals surface area (Å²) in [4.78, 5) is 11.1. The fourth-order valence-electron chi connectivity index (χ4n) is 2.55. The third-order valence-corrected chi connectivity index (χ3v) is 3.93.